The Labute approximate surface area is 191 Å². The van der Waals surface area contributed by atoms with Gasteiger partial charge in [0.15, 0.2) is 0 Å². The molecule has 5 rings (SSSR count). The lowest BCUT2D eigenvalue weighted by molar-refractivity contribution is 0.0716. The molecule has 1 amide bonds. The van der Waals surface area contributed by atoms with Gasteiger partial charge in [-0.15, -0.1) is 0 Å². The summed E-state index contributed by atoms with van der Waals surface area (Å²) >= 11 is 0. The number of phenolic OH excluding ortho intramolecular Hbond substituents is 1. The summed E-state index contributed by atoms with van der Waals surface area (Å²) in [5.74, 6) is 1.38. The topological polar surface area (TPSA) is 91.6 Å². The normalized spacial score (nSPS) is 15.2. The molecule has 2 aromatic heterocycles. The zero-order valence-corrected chi connectivity index (χ0v) is 18.5. The Morgan fingerprint density at radius 3 is 2.85 bits per heavy atom. The van der Waals surface area contributed by atoms with Gasteiger partial charge in [0.2, 0.25) is 0 Å². The van der Waals surface area contributed by atoms with Crippen LogP contribution in [-0.4, -0.2) is 32.7 Å². The first kappa shape index (κ1) is 20.9. The van der Waals surface area contributed by atoms with E-state index in [1.807, 2.05) is 49.4 Å². The predicted molar refractivity (Wildman–Crippen MR) is 123 cm³/mol. The average Bonchev–Trinajstić information content (AvgIpc) is 3.54. The van der Waals surface area contributed by atoms with Crippen molar-refractivity contribution in [2.75, 3.05) is 6.61 Å². The highest BCUT2D eigenvalue weighted by atomic mass is 16.5. The lowest BCUT2D eigenvalue weighted by atomic mass is 9.95. The second-order valence-corrected chi connectivity index (χ2v) is 8.22. The van der Waals surface area contributed by atoms with Gasteiger partial charge in [-0.2, -0.15) is 5.10 Å². The van der Waals surface area contributed by atoms with E-state index in [2.05, 4.69) is 17.1 Å². The number of H-pyrrole nitrogens is 1. The fourth-order valence-electron chi connectivity index (χ4n) is 4.32. The van der Waals surface area contributed by atoms with Crippen molar-refractivity contribution >= 4 is 5.91 Å². The Kier molecular flexibility index (Phi) is 5.38. The van der Waals surface area contributed by atoms with Gasteiger partial charge in [0.05, 0.1) is 25.5 Å². The van der Waals surface area contributed by atoms with Gasteiger partial charge in [-0.05, 0) is 55.3 Å². The molecule has 4 aromatic rings. The van der Waals surface area contributed by atoms with E-state index in [0.29, 0.717) is 35.9 Å². The number of fused-ring (bicyclic) bond motifs is 1. The molecule has 0 saturated heterocycles. The number of rotatable bonds is 7. The first-order chi connectivity index (χ1) is 16.1. The number of nitrogens with one attached hydrogen (secondary N) is 1. The van der Waals surface area contributed by atoms with Crippen molar-refractivity contribution in [2.24, 2.45) is 0 Å². The van der Waals surface area contributed by atoms with Crippen molar-refractivity contribution < 1.29 is 19.1 Å². The molecule has 7 nitrogen and oxygen atoms in total. The predicted octanol–water partition coefficient (Wildman–Crippen LogP) is 5.22. The molecule has 3 heterocycles. The fourth-order valence-corrected chi connectivity index (χ4v) is 4.32. The molecule has 0 spiro atoms. The molecule has 0 fully saturated rings. The minimum absolute atomic E-state index is 0.116. The SMILES string of the molecule is CCCOc1cccc([C@H]2c3c(-c4cc(C)ccc4O)n[nH]c3C(=O)N2Cc2ccco2)c1. The molecule has 0 aliphatic carbocycles. The smallest absolute Gasteiger partial charge is 0.273 e. The molecule has 33 heavy (non-hydrogen) atoms. The number of amides is 1. The van der Waals surface area contributed by atoms with Gasteiger partial charge in [0, 0.05) is 11.1 Å². The Morgan fingerprint density at radius 1 is 1.18 bits per heavy atom. The number of nitrogens with zero attached hydrogens (tertiary/aromatic N) is 2. The number of benzene rings is 2. The zero-order chi connectivity index (χ0) is 22.9. The number of aromatic amines is 1. The maximum atomic E-state index is 13.5. The van der Waals surface area contributed by atoms with Crippen molar-refractivity contribution in [3.8, 4) is 22.8 Å². The summed E-state index contributed by atoms with van der Waals surface area (Å²) in [5.41, 5.74) is 4.19. The molecule has 1 aliphatic heterocycles. The third-order valence-corrected chi connectivity index (χ3v) is 5.82. The van der Waals surface area contributed by atoms with Crippen LogP contribution in [0.5, 0.6) is 11.5 Å². The quantitative estimate of drug-likeness (QED) is 0.409. The van der Waals surface area contributed by atoms with E-state index in [0.717, 1.165) is 28.9 Å². The number of ether oxygens (including phenoxy) is 1. The first-order valence-electron chi connectivity index (χ1n) is 11.0. The first-order valence-corrected chi connectivity index (χ1v) is 11.0. The molecule has 168 valence electrons. The number of phenols is 1. The molecule has 0 saturated carbocycles. The summed E-state index contributed by atoms with van der Waals surface area (Å²) in [4.78, 5) is 15.2. The third-order valence-electron chi connectivity index (χ3n) is 5.82. The van der Waals surface area contributed by atoms with Crippen LogP contribution in [0.25, 0.3) is 11.3 Å². The molecule has 1 atom stereocenters. The van der Waals surface area contributed by atoms with Crippen LogP contribution in [0.4, 0.5) is 0 Å². The monoisotopic (exact) mass is 443 g/mol. The number of carbonyl (C=O) groups excluding carboxylic acids is 1. The van der Waals surface area contributed by atoms with Gasteiger partial charge < -0.3 is 19.2 Å². The molecule has 2 N–H and O–H groups in total. The molecular formula is C26H25N3O4. The van der Waals surface area contributed by atoms with Gasteiger partial charge in [0.1, 0.15) is 28.6 Å². The minimum atomic E-state index is -0.420. The summed E-state index contributed by atoms with van der Waals surface area (Å²) in [6.45, 7) is 4.93. The van der Waals surface area contributed by atoms with Gasteiger partial charge in [-0.25, -0.2) is 0 Å². The highest BCUT2D eigenvalue weighted by Gasteiger charge is 2.43. The Bertz CT molecular complexity index is 1290. The number of aromatic hydroxyl groups is 1. The van der Waals surface area contributed by atoms with Crippen LogP contribution in [0.2, 0.25) is 0 Å². The van der Waals surface area contributed by atoms with Crippen molar-refractivity contribution in [2.45, 2.75) is 32.9 Å². The standard InChI is InChI=1S/C26H25N3O4/c1-3-11-32-18-7-4-6-17(14-18)25-22-23(20-13-16(2)9-10-21(20)30)27-28-24(22)26(31)29(25)15-19-8-5-12-33-19/h4-10,12-14,25,30H,3,11,15H2,1-2H3,(H,27,28)/t25-/m0/s1. The van der Waals surface area contributed by atoms with E-state index in [9.17, 15) is 9.90 Å². The molecule has 7 heteroatoms. The van der Waals surface area contributed by atoms with Crippen molar-refractivity contribution in [3.05, 3.63) is 89.0 Å². The molecule has 2 aromatic carbocycles. The molecule has 0 radical (unpaired) electrons. The fraction of sp³-hybridized carbons (Fsp3) is 0.231. The molecule has 1 aliphatic rings. The summed E-state index contributed by atoms with van der Waals surface area (Å²) in [6, 6.07) is 16.4. The lowest BCUT2D eigenvalue weighted by Gasteiger charge is -2.26. The number of furan rings is 1. The number of hydrogen-bond donors (Lipinski definition) is 2. The van der Waals surface area contributed by atoms with E-state index in [1.165, 1.54) is 0 Å². The van der Waals surface area contributed by atoms with Crippen LogP contribution in [0.15, 0.2) is 65.3 Å². The van der Waals surface area contributed by atoms with Gasteiger partial charge in [-0.3, -0.25) is 9.89 Å². The van der Waals surface area contributed by atoms with Crippen LogP contribution in [-0.2, 0) is 6.54 Å². The number of aryl methyl sites for hydroxylation is 1. The second kappa shape index (κ2) is 8.50. The summed E-state index contributed by atoms with van der Waals surface area (Å²) in [7, 11) is 0. The highest BCUT2D eigenvalue weighted by Crippen LogP contribution is 2.45. The number of carbonyl (C=O) groups is 1. The van der Waals surface area contributed by atoms with Crippen molar-refractivity contribution in [1.82, 2.24) is 15.1 Å². The Balaban J connectivity index is 1.65. The van der Waals surface area contributed by atoms with Crippen LogP contribution in [0.1, 0.15) is 52.3 Å². The van der Waals surface area contributed by atoms with Crippen molar-refractivity contribution in [1.29, 1.82) is 0 Å². The van der Waals surface area contributed by atoms with E-state index in [4.69, 9.17) is 9.15 Å². The summed E-state index contributed by atoms with van der Waals surface area (Å²) in [6.07, 6.45) is 2.50. The largest absolute Gasteiger partial charge is 0.507 e. The molecular weight excluding hydrogens is 418 g/mol. The molecule has 0 bridgehead atoms. The van der Waals surface area contributed by atoms with Gasteiger partial charge >= 0.3 is 0 Å². The van der Waals surface area contributed by atoms with Gasteiger partial charge in [-0.1, -0.05) is 30.7 Å². The summed E-state index contributed by atoms with van der Waals surface area (Å²) < 4.78 is 11.4. The van der Waals surface area contributed by atoms with Crippen molar-refractivity contribution in [3.63, 3.8) is 0 Å². The van der Waals surface area contributed by atoms with E-state index in [1.54, 1.807) is 23.3 Å². The Morgan fingerprint density at radius 2 is 2.06 bits per heavy atom. The third kappa shape index (κ3) is 3.75. The second-order valence-electron chi connectivity index (χ2n) is 8.22. The van der Waals surface area contributed by atoms with Crippen LogP contribution in [0.3, 0.4) is 0 Å². The average molecular weight is 444 g/mol. The van der Waals surface area contributed by atoms with Gasteiger partial charge in [0.25, 0.3) is 5.91 Å². The maximum Gasteiger partial charge on any atom is 0.273 e. The highest BCUT2D eigenvalue weighted by molar-refractivity contribution is 6.00. The van der Waals surface area contributed by atoms with E-state index >= 15 is 0 Å². The van der Waals surface area contributed by atoms with Crippen LogP contribution in [0, 0.1) is 6.92 Å². The maximum absolute atomic E-state index is 13.5. The number of hydrogen-bond acceptors (Lipinski definition) is 5. The van der Waals surface area contributed by atoms with Crippen LogP contribution >= 0.6 is 0 Å². The van der Waals surface area contributed by atoms with E-state index < -0.39 is 6.04 Å². The number of aromatic nitrogens is 2. The zero-order valence-electron chi connectivity index (χ0n) is 18.5. The van der Waals surface area contributed by atoms with Crippen LogP contribution < -0.4 is 4.74 Å². The minimum Gasteiger partial charge on any atom is -0.507 e. The lowest BCUT2D eigenvalue weighted by Crippen LogP contribution is -2.29. The van der Waals surface area contributed by atoms with E-state index in [-0.39, 0.29) is 11.7 Å². The Hall–Kier alpha value is -4.00. The molecule has 0 unspecified atom stereocenters. The summed E-state index contributed by atoms with van der Waals surface area (Å²) in [5, 5.41) is 18.0.